The molecule has 0 heterocycles. The molecule has 0 aliphatic rings. The molecule has 0 amide bonds. The molecule has 14 heteroatoms. The highest BCUT2D eigenvalue weighted by Crippen LogP contribution is 2.15. The molecule has 12 nitrogen and oxygen atoms in total. The first-order valence-electron chi connectivity index (χ1n) is 10.8. The average Bonchev–Trinajstić information content (AvgIpc) is 2.85. The minimum atomic E-state index is -1.85. The van der Waals surface area contributed by atoms with Crippen LogP contribution in [0.15, 0.2) is 24.3 Å². The molecule has 0 saturated heterocycles. The van der Waals surface area contributed by atoms with Gasteiger partial charge in [-0.3, -0.25) is 4.90 Å². The fourth-order valence-corrected chi connectivity index (χ4v) is 3.35. The smallest absolute Gasteiger partial charge is 0.119 e. The Morgan fingerprint density at radius 3 is 1.63 bits per heavy atom. The monoisotopic (exact) mass is 547 g/mol. The van der Waals surface area contributed by atoms with Crippen LogP contribution in [0.4, 0.5) is 0 Å². The largest absolute Gasteiger partial charge is 0.492 e. The average molecular weight is 548 g/mol. The lowest BCUT2D eigenvalue weighted by molar-refractivity contribution is -0.130. The Kier molecular flexibility index (Phi) is 17.2. The summed E-state index contributed by atoms with van der Waals surface area (Å²) in [5, 5.41) is 97.3. The Balaban J connectivity index is 0.0000116. The van der Waals surface area contributed by atoms with Crippen LogP contribution in [0, 0.1) is 0 Å². The van der Waals surface area contributed by atoms with Crippen LogP contribution in [-0.2, 0) is 5.75 Å². The SMILES string of the molecule is Cl.OC[C@@H](O)[C@@H](O)[C@H](O)[C@H](O)CN(CCOc1cccc(CS)c1)C[C@@H](O)[C@@H](O)[C@H](O)[C@H](O)CO. The highest BCUT2D eigenvalue weighted by molar-refractivity contribution is 7.79. The first-order valence-corrected chi connectivity index (χ1v) is 11.4. The minimum Gasteiger partial charge on any atom is -0.492 e. The molecule has 0 aromatic heterocycles. The van der Waals surface area contributed by atoms with Crippen molar-refractivity contribution in [3.63, 3.8) is 0 Å². The maximum atomic E-state index is 10.3. The lowest BCUT2D eigenvalue weighted by Crippen LogP contribution is -2.53. The molecule has 1 aromatic rings. The highest BCUT2D eigenvalue weighted by Gasteiger charge is 2.34. The van der Waals surface area contributed by atoms with E-state index in [9.17, 15) is 40.9 Å². The summed E-state index contributed by atoms with van der Waals surface area (Å²) >= 11 is 4.20. The lowest BCUT2D eigenvalue weighted by Gasteiger charge is -2.33. The summed E-state index contributed by atoms with van der Waals surface area (Å²) in [4.78, 5) is 1.36. The van der Waals surface area contributed by atoms with E-state index in [2.05, 4.69) is 12.6 Å². The summed E-state index contributed by atoms with van der Waals surface area (Å²) < 4.78 is 5.66. The molecule has 1 aromatic carbocycles. The summed E-state index contributed by atoms with van der Waals surface area (Å²) in [6.07, 6.45) is -14.0. The van der Waals surface area contributed by atoms with Crippen LogP contribution in [0.5, 0.6) is 5.75 Å². The number of halogens is 1. The van der Waals surface area contributed by atoms with E-state index in [-0.39, 0.29) is 38.6 Å². The van der Waals surface area contributed by atoms with Crippen molar-refractivity contribution in [2.24, 2.45) is 0 Å². The van der Waals surface area contributed by atoms with Crippen molar-refractivity contribution in [1.82, 2.24) is 4.90 Å². The number of aliphatic hydroxyl groups excluding tert-OH is 10. The van der Waals surface area contributed by atoms with Crippen molar-refractivity contribution < 1.29 is 55.8 Å². The maximum Gasteiger partial charge on any atom is 0.119 e. The van der Waals surface area contributed by atoms with Crippen LogP contribution < -0.4 is 4.74 Å². The molecule has 0 saturated carbocycles. The molecule has 0 aliphatic carbocycles. The molecule has 0 bridgehead atoms. The van der Waals surface area contributed by atoms with E-state index in [1.807, 2.05) is 6.07 Å². The Bertz CT molecular complexity index is 664. The van der Waals surface area contributed by atoms with Crippen LogP contribution in [-0.4, -0.2) is 144 Å². The number of thiol groups is 1. The van der Waals surface area contributed by atoms with Crippen LogP contribution in [0.2, 0.25) is 0 Å². The van der Waals surface area contributed by atoms with Crippen molar-refractivity contribution in [2.75, 3.05) is 39.5 Å². The maximum absolute atomic E-state index is 10.3. The van der Waals surface area contributed by atoms with Gasteiger partial charge in [0.15, 0.2) is 0 Å². The van der Waals surface area contributed by atoms with E-state index in [0.29, 0.717) is 11.5 Å². The number of hydrogen-bond acceptors (Lipinski definition) is 13. The van der Waals surface area contributed by atoms with Crippen molar-refractivity contribution in [3.8, 4) is 5.75 Å². The van der Waals surface area contributed by atoms with E-state index in [1.54, 1.807) is 18.2 Å². The van der Waals surface area contributed by atoms with Gasteiger partial charge in [0.2, 0.25) is 0 Å². The van der Waals surface area contributed by atoms with E-state index in [0.717, 1.165) is 5.56 Å². The van der Waals surface area contributed by atoms with Gasteiger partial charge in [0, 0.05) is 25.4 Å². The summed E-state index contributed by atoms with van der Waals surface area (Å²) in [5.41, 5.74) is 0.919. The molecule has 1 rings (SSSR count). The molecule has 0 spiro atoms. The molecule has 0 radical (unpaired) electrons. The van der Waals surface area contributed by atoms with Crippen LogP contribution in [0.3, 0.4) is 0 Å². The Morgan fingerprint density at radius 2 is 1.20 bits per heavy atom. The second kappa shape index (κ2) is 17.6. The highest BCUT2D eigenvalue weighted by atomic mass is 35.5. The van der Waals surface area contributed by atoms with E-state index in [1.165, 1.54) is 4.90 Å². The quantitative estimate of drug-likeness (QED) is 0.0844. The van der Waals surface area contributed by atoms with Crippen molar-refractivity contribution in [1.29, 1.82) is 0 Å². The third kappa shape index (κ3) is 11.4. The van der Waals surface area contributed by atoms with Gasteiger partial charge in [0.05, 0.1) is 25.4 Å². The topological polar surface area (TPSA) is 215 Å². The second-order valence-corrected chi connectivity index (χ2v) is 8.33. The van der Waals surface area contributed by atoms with Crippen LogP contribution in [0.25, 0.3) is 0 Å². The van der Waals surface area contributed by atoms with Crippen molar-refractivity contribution in [3.05, 3.63) is 29.8 Å². The standard InChI is InChI=1S/C21H37NO11S.ClH/c23-9-16(27)20(31)18(29)14(25)7-22(8-15(26)19(30)21(32)17(28)10-24)4-5-33-13-3-1-2-12(6-13)11-34;/h1-3,6,14-21,23-32,34H,4-5,7-11H2;1H/t14-,15-,16-,17-,18-,19-,20-,21-;/m1./s1. The lowest BCUT2D eigenvalue weighted by atomic mass is 10.0. The Morgan fingerprint density at radius 1 is 0.743 bits per heavy atom. The molecule has 35 heavy (non-hydrogen) atoms. The molecule has 0 unspecified atom stereocenters. The van der Waals surface area contributed by atoms with Gasteiger partial charge in [-0.15, -0.1) is 12.4 Å². The predicted molar refractivity (Wildman–Crippen MR) is 131 cm³/mol. The summed E-state index contributed by atoms with van der Waals surface area (Å²) in [6.45, 7) is -2.31. The van der Waals surface area contributed by atoms with Crippen molar-refractivity contribution >= 4 is 25.0 Å². The number of nitrogens with zero attached hydrogens (tertiary/aromatic N) is 1. The molecule has 10 N–H and O–H groups in total. The molecule has 0 aliphatic heterocycles. The van der Waals surface area contributed by atoms with Crippen LogP contribution >= 0.6 is 25.0 Å². The van der Waals surface area contributed by atoms with E-state index in [4.69, 9.17) is 14.9 Å². The van der Waals surface area contributed by atoms with Gasteiger partial charge < -0.3 is 55.8 Å². The van der Waals surface area contributed by atoms with Gasteiger partial charge in [0.25, 0.3) is 0 Å². The Labute approximate surface area is 215 Å². The zero-order chi connectivity index (χ0) is 25.8. The number of hydrogen-bond donors (Lipinski definition) is 11. The molecular weight excluding hydrogens is 510 g/mol. The Hall–Kier alpha value is -0.780. The van der Waals surface area contributed by atoms with Crippen molar-refractivity contribution in [2.45, 2.75) is 54.6 Å². The second-order valence-electron chi connectivity index (χ2n) is 8.01. The normalized spacial score (nSPS) is 18.6. The summed E-state index contributed by atoms with van der Waals surface area (Å²) in [6, 6.07) is 7.13. The van der Waals surface area contributed by atoms with Gasteiger partial charge in [0.1, 0.15) is 49.0 Å². The zero-order valence-electron chi connectivity index (χ0n) is 19.1. The summed E-state index contributed by atoms with van der Waals surface area (Å²) in [7, 11) is 0. The van der Waals surface area contributed by atoms with Crippen LogP contribution in [0.1, 0.15) is 5.56 Å². The first kappa shape index (κ1) is 34.2. The van der Waals surface area contributed by atoms with Gasteiger partial charge in [-0.05, 0) is 17.7 Å². The van der Waals surface area contributed by atoms with Gasteiger partial charge in [-0.1, -0.05) is 12.1 Å². The number of ether oxygens (including phenoxy) is 1. The van der Waals surface area contributed by atoms with E-state index < -0.39 is 62.0 Å². The zero-order valence-corrected chi connectivity index (χ0v) is 20.8. The number of benzene rings is 1. The van der Waals surface area contributed by atoms with Gasteiger partial charge in [-0.2, -0.15) is 12.6 Å². The number of rotatable bonds is 17. The molecule has 206 valence electrons. The van der Waals surface area contributed by atoms with Gasteiger partial charge in [-0.25, -0.2) is 0 Å². The molecule has 8 atom stereocenters. The third-order valence-electron chi connectivity index (χ3n) is 5.30. The van der Waals surface area contributed by atoms with Gasteiger partial charge >= 0.3 is 0 Å². The summed E-state index contributed by atoms with van der Waals surface area (Å²) in [5.74, 6) is 1.04. The fourth-order valence-electron chi connectivity index (χ4n) is 3.15. The molecule has 0 fully saturated rings. The van der Waals surface area contributed by atoms with E-state index >= 15 is 0 Å². The fraction of sp³-hybridized carbons (Fsp3) is 0.714. The third-order valence-corrected chi connectivity index (χ3v) is 5.66. The first-order chi connectivity index (χ1) is 16.0. The predicted octanol–water partition coefficient (Wildman–Crippen LogP) is -3.91. The minimum absolute atomic E-state index is 0. The molecular formula is C21H38ClNO11S. The number of aliphatic hydroxyl groups is 10.